The fraction of sp³-hybridized carbons (Fsp3) is 0.562. The first kappa shape index (κ1) is 14.4. The van der Waals surface area contributed by atoms with E-state index in [1.165, 1.54) is 36.1 Å². The van der Waals surface area contributed by atoms with Gasteiger partial charge in [-0.05, 0) is 31.9 Å². The number of benzene rings is 1. The molecular formula is C16H23NOS. The van der Waals surface area contributed by atoms with Crippen LogP contribution >= 0.6 is 11.8 Å². The standard InChI is InChI=1S/C16H23NOS/c1-14-6-8-15(9-7-14)19-13-10-16(18)17-11-4-2-3-5-12-17/h6-9H,2-5,10-13H2,1H3. The maximum Gasteiger partial charge on any atom is 0.223 e. The Labute approximate surface area is 120 Å². The van der Waals surface area contributed by atoms with Crippen molar-refractivity contribution in [3.63, 3.8) is 0 Å². The van der Waals surface area contributed by atoms with E-state index >= 15 is 0 Å². The molecule has 0 radical (unpaired) electrons. The smallest absolute Gasteiger partial charge is 0.223 e. The fourth-order valence-corrected chi connectivity index (χ4v) is 3.21. The molecule has 0 saturated carbocycles. The minimum Gasteiger partial charge on any atom is -0.343 e. The summed E-state index contributed by atoms with van der Waals surface area (Å²) in [5.74, 6) is 1.22. The first-order valence-corrected chi connectivity index (χ1v) is 8.21. The first-order chi connectivity index (χ1) is 9.25. The Hall–Kier alpha value is -0.960. The number of carbonyl (C=O) groups excluding carboxylic acids is 1. The molecule has 0 atom stereocenters. The van der Waals surface area contributed by atoms with Crippen molar-refractivity contribution in [3.05, 3.63) is 29.8 Å². The second-order valence-corrected chi connectivity index (χ2v) is 6.37. The van der Waals surface area contributed by atoms with Crippen molar-refractivity contribution in [2.45, 2.75) is 43.9 Å². The second kappa shape index (κ2) is 7.59. The quantitative estimate of drug-likeness (QED) is 0.778. The van der Waals surface area contributed by atoms with E-state index in [2.05, 4.69) is 36.1 Å². The Balaban J connectivity index is 1.72. The van der Waals surface area contributed by atoms with Crippen LogP contribution in [0, 0.1) is 6.92 Å². The third-order valence-electron chi connectivity index (χ3n) is 3.56. The van der Waals surface area contributed by atoms with Crippen molar-refractivity contribution in [1.29, 1.82) is 0 Å². The number of likely N-dealkylation sites (tertiary alicyclic amines) is 1. The first-order valence-electron chi connectivity index (χ1n) is 7.23. The van der Waals surface area contributed by atoms with Crippen LogP contribution in [0.5, 0.6) is 0 Å². The van der Waals surface area contributed by atoms with Gasteiger partial charge in [-0.3, -0.25) is 4.79 Å². The normalized spacial score (nSPS) is 16.2. The van der Waals surface area contributed by atoms with E-state index in [1.807, 2.05) is 0 Å². The van der Waals surface area contributed by atoms with Crippen LogP contribution in [-0.4, -0.2) is 29.6 Å². The molecule has 1 amide bonds. The van der Waals surface area contributed by atoms with Crippen LogP contribution in [-0.2, 0) is 4.79 Å². The highest BCUT2D eigenvalue weighted by molar-refractivity contribution is 7.99. The molecular weight excluding hydrogens is 254 g/mol. The van der Waals surface area contributed by atoms with E-state index in [-0.39, 0.29) is 0 Å². The van der Waals surface area contributed by atoms with Crippen LogP contribution in [0.2, 0.25) is 0 Å². The lowest BCUT2D eigenvalue weighted by atomic mass is 10.2. The molecule has 104 valence electrons. The van der Waals surface area contributed by atoms with E-state index in [9.17, 15) is 4.79 Å². The molecule has 2 rings (SSSR count). The summed E-state index contributed by atoms with van der Waals surface area (Å²) < 4.78 is 0. The average molecular weight is 277 g/mol. The topological polar surface area (TPSA) is 20.3 Å². The van der Waals surface area contributed by atoms with Crippen molar-refractivity contribution in [1.82, 2.24) is 4.90 Å². The van der Waals surface area contributed by atoms with Crippen LogP contribution in [0.3, 0.4) is 0 Å². The van der Waals surface area contributed by atoms with Crippen molar-refractivity contribution in [3.8, 4) is 0 Å². The number of thioether (sulfide) groups is 1. The van der Waals surface area contributed by atoms with Crippen molar-refractivity contribution in [2.75, 3.05) is 18.8 Å². The zero-order valence-corrected chi connectivity index (χ0v) is 12.5. The Kier molecular flexibility index (Phi) is 5.77. The molecule has 1 heterocycles. The van der Waals surface area contributed by atoms with Gasteiger partial charge in [-0.2, -0.15) is 0 Å². The average Bonchev–Trinajstić information content (AvgIpc) is 2.70. The highest BCUT2D eigenvalue weighted by atomic mass is 32.2. The molecule has 1 aliphatic rings. The molecule has 1 aliphatic heterocycles. The van der Waals surface area contributed by atoms with Gasteiger partial charge in [0.25, 0.3) is 0 Å². The van der Waals surface area contributed by atoms with E-state index < -0.39 is 0 Å². The van der Waals surface area contributed by atoms with Gasteiger partial charge < -0.3 is 4.90 Å². The van der Waals surface area contributed by atoms with Gasteiger partial charge in [-0.15, -0.1) is 11.8 Å². The number of carbonyl (C=O) groups is 1. The van der Waals surface area contributed by atoms with Crippen molar-refractivity contribution < 1.29 is 4.79 Å². The lowest BCUT2D eigenvalue weighted by Crippen LogP contribution is -2.31. The molecule has 0 bridgehead atoms. The van der Waals surface area contributed by atoms with Crippen LogP contribution in [0.4, 0.5) is 0 Å². The summed E-state index contributed by atoms with van der Waals surface area (Å²) in [5.41, 5.74) is 1.28. The minimum atomic E-state index is 0.335. The molecule has 1 fully saturated rings. The number of rotatable bonds is 4. The van der Waals surface area contributed by atoms with Gasteiger partial charge in [0.05, 0.1) is 0 Å². The maximum absolute atomic E-state index is 12.1. The maximum atomic E-state index is 12.1. The lowest BCUT2D eigenvalue weighted by molar-refractivity contribution is -0.130. The number of hydrogen-bond acceptors (Lipinski definition) is 2. The molecule has 0 aliphatic carbocycles. The summed E-state index contributed by atoms with van der Waals surface area (Å²) in [6.45, 7) is 4.03. The molecule has 1 aromatic rings. The second-order valence-electron chi connectivity index (χ2n) is 5.21. The Morgan fingerprint density at radius 3 is 2.37 bits per heavy atom. The van der Waals surface area contributed by atoms with Crippen molar-refractivity contribution >= 4 is 17.7 Å². The van der Waals surface area contributed by atoms with Crippen molar-refractivity contribution in [2.24, 2.45) is 0 Å². The van der Waals surface area contributed by atoms with Gasteiger partial charge in [0.2, 0.25) is 5.91 Å². The summed E-state index contributed by atoms with van der Waals surface area (Å²) in [6.07, 6.45) is 5.58. The monoisotopic (exact) mass is 277 g/mol. The Bertz CT molecular complexity index is 394. The predicted molar refractivity (Wildman–Crippen MR) is 81.6 cm³/mol. The molecule has 1 saturated heterocycles. The summed E-state index contributed by atoms with van der Waals surface area (Å²) >= 11 is 1.78. The van der Waals surface area contributed by atoms with Crippen LogP contribution in [0.25, 0.3) is 0 Å². The summed E-state index contributed by atoms with van der Waals surface area (Å²) in [7, 11) is 0. The highest BCUT2D eigenvalue weighted by Crippen LogP contribution is 2.20. The van der Waals surface area contributed by atoms with E-state index in [4.69, 9.17) is 0 Å². The lowest BCUT2D eigenvalue weighted by Gasteiger charge is -2.20. The van der Waals surface area contributed by atoms with E-state index in [0.29, 0.717) is 12.3 Å². The zero-order valence-electron chi connectivity index (χ0n) is 11.7. The van der Waals surface area contributed by atoms with Gasteiger partial charge in [0.1, 0.15) is 0 Å². The van der Waals surface area contributed by atoms with E-state index in [0.717, 1.165) is 18.8 Å². The Morgan fingerprint density at radius 2 is 1.74 bits per heavy atom. The molecule has 3 heteroatoms. The summed E-state index contributed by atoms with van der Waals surface area (Å²) in [4.78, 5) is 15.4. The predicted octanol–water partition coefficient (Wildman–Crippen LogP) is 3.88. The molecule has 0 aromatic heterocycles. The highest BCUT2D eigenvalue weighted by Gasteiger charge is 2.14. The third kappa shape index (κ3) is 4.90. The van der Waals surface area contributed by atoms with Crippen LogP contribution in [0.1, 0.15) is 37.7 Å². The molecule has 19 heavy (non-hydrogen) atoms. The molecule has 1 aromatic carbocycles. The minimum absolute atomic E-state index is 0.335. The van der Waals surface area contributed by atoms with Gasteiger partial charge in [0, 0.05) is 30.2 Å². The fourth-order valence-electron chi connectivity index (χ4n) is 2.37. The van der Waals surface area contributed by atoms with E-state index in [1.54, 1.807) is 11.8 Å². The number of amides is 1. The molecule has 0 N–H and O–H groups in total. The molecule has 0 unspecified atom stereocenters. The number of hydrogen-bond donors (Lipinski definition) is 0. The molecule has 2 nitrogen and oxygen atoms in total. The number of aryl methyl sites for hydroxylation is 1. The van der Waals surface area contributed by atoms with Crippen LogP contribution in [0.15, 0.2) is 29.2 Å². The van der Waals surface area contributed by atoms with Gasteiger partial charge in [-0.1, -0.05) is 30.5 Å². The SMILES string of the molecule is Cc1ccc(SCCC(=O)N2CCCCCC2)cc1. The van der Waals surface area contributed by atoms with Gasteiger partial charge >= 0.3 is 0 Å². The van der Waals surface area contributed by atoms with Gasteiger partial charge in [-0.25, -0.2) is 0 Å². The largest absolute Gasteiger partial charge is 0.343 e. The summed E-state index contributed by atoms with van der Waals surface area (Å²) in [5, 5.41) is 0. The number of nitrogens with zero attached hydrogens (tertiary/aromatic N) is 1. The summed E-state index contributed by atoms with van der Waals surface area (Å²) in [6, 6.07) is 8.52. The molecule has 0 spiro atoms. The van der Waals surface area contributed by atoms with Gasteiger partial charge in [0.15, 0.2) is 0 Å². The van der Waals surface area contributed by atoms with Crippen LogP contribution < -0.4 is 0 Å². The third-order valence-corrected chi connectivity index (χ3v) is 4.58. The zero-order chi connectivity index (χ0) is 13.5. The Morgan fingerprint density at radius 1 is 1.11 bits per heavy atom.